The van der Waals surface area contributed by atoms with E-state index in [-0.39, 0.29) is 11.8 Å². The van der Waals surface area contributed by atoms with Crippen LogP contribution in [0.15, 0.2) is 4.63 Å². The van der Waals surface area contributed by atoms with Gasteiger partial charge in [-0.2, -0.15) is 0 Å². The number of ether oxygens (including phenoxy) is 1. The Kier molecular flexibility index (Phi) is 4.67. The number of anilines is 1. The Morgan fingerprint density at radius 1 is 1.36 bits per heavy atom. The molecular formula is C16H21N5O3S. The van der Waals surface area contributed by atoms with E-state index in [4.69, 9.17) is 9.72 Å². The van der Waals surface area contributed by atoms with E-state index < -0.39 is 0 Å². The first-order valence-corrected chi connectivity index (χ1v) is 9.39. The van der Waals surface area contributed by atoms with E-state index in [1.807, 2.05) is 6.92 Å². The molecule has 0 bridgehead atoms. The van der Waals surface area contributed by atoms with Crippen molar-refractivity contribution >= 4 is 22.4 Å². The van der Waals surface area contributed by atoms with Gasteiger partial charge in [0, 0.05) is 30.3 Å². The molecule has 0 saturated carbocycles. The number of hydrogen-bond acceptors (Lipinski definition) is 8. The highest BCUT2D eigenvalue weighted by Gasteiger charge is 2.29. The fourth-order valence-corrected chi connectivity index (χ4v) is 4.36. The lowest BCUT2D eigenvalue weighted by atomic mass is 9.90. The summed E-state index contributed by atoms with van der Waals surface area (Å²) in [6.45, 7) is 5.46. The van der Waals surface area contributed by atoms with Crippen LogP contribution >= 0.6 is 11.3 Å². The highest BCUT2D eigenvalue weighted by atomic mass is 32.1. The Bertz CT molecular complexity index is 753. The molecular weight excluding hydrogens is 342 g/mol. The summed E-state index contributed by atoms with van der Waals surface area (Å²) in [4.78, 5) is 20.9. The summed E-state index contributed by atoms with van der Waals surface area (Å²) >= 11 is 1.77. The maximum absolute atomic E-state index is 12.5. The van der Waals surface area contributed by atoms with Crippen molar-refractivity contribution in [1.82, 2.24) is 20.6 Å². The Hall–Kier alpha value is -2.00. The number of aryl methyl sites for hydroxylation is 2. The number of carbonyl (C=O) groups is 1. The molecule has 0 radical (unpaired) electrons. The molecule has 1 amide bonds. The van der Waals surface area contributed by atoms with E-state index in [9.17, 15) is 4.79 Å². The maximum Gasteiger partial charge on any atom is 0.223 e. The minimum absolute atomic E-state index is 0.0349. The van der Waals surface area contributed by atoms with Crippen LogP contribution in [0.5, 0.6) is 0 Å². The molecule has 1 atom stereocenters. The molecule has 1 fully saturated rings. The van der Waals surface area contributed by atoms with Crippen LogP contribution < -0.4 is 10.2 Å². The number of aromatic nitrogens is 3. The highest BCUT2D eigenvalue weighted by Crippen LogP contribution is 2.34. The maximum atomic E-state index is 12.5. The summed E-state index contributed by atoms with van der Waals surface area (Å²) in [6, 6.07) is 0. The van der Waals surface area contributed by atoms with Gasteiger partial charge in [0.1, 0.15) is 11.4 Å². The summed E-state index contributed by atoms with van der Waals surface area (Å²) in [7, 11) is 0. The van der Waals surface area contributed by atoms with Crippen molar-refractivity contribution in [2.24, 2.45) is 5.92 Å². The Morgan fingerprint density at radius 2 is 2.20 bits per heavy atom. The number of hydrogen-bond donors (Lipinski definition) is 1. The van der Waals surface area contributed by atoms with Gasteiger partial charge in [0.05, 0.1) is 25.5 Å². The number of morpholine rings is 1. The number of rotatable bonds is 4. The first-order chi connectivity index (χ1) is 12.2. The van der Waals surface area contributed by atoms with Crippen molar-refractivity contribution in [2.45, 2.75) is 32.7 Å². The summed E-state index contributed by atoms with van der Waals surface area (Å²) in [6.07, 6.45) is 2.48. The molecule has 8 nitrogen and oxygen atoms in total. The minimum atomic E-state index is -0.0349. The molecule has 1 aliphatic heterocycles. The molecule has 25 heavy (non-hydrogen) atoms. The van der Waals surface area contributed by atoms with Crippen LogP contribution in [0.25, 0.3) is 0 Å². The van der Waals surface area contributed by atoms with Gasteiger partial charge in [0.25, 0.3) is 0 Å². The van der Waals surface area contributed by atoms with Crippen LogP contribution in [-0.2, 0) is 28.9 Å². The molecule has 134 valence electrons. The lowest BCUT2D eigenvalue weighted by Crippen LogP contribution is -2.36. The number of fused-ring (bicyclic) bond motifs is 1. The summed E-state index contributed by atoms with van der Waals surface area (Å²) < 4.78 is 10.1. The Morgan fingerprint density at radius 3 is 2.96 bits per heavy atom. The molecule has 1 aliphatic carbocycles. The average molecular weight is 363 g/mol. The largest absolute Gasteiger partial charge is 0.378 e. The predicted molar refractivity (Wildman–Crippen MR) is 91.5 cm³/mol. The van der Waals surface area contributed by atoms with Crippen LogP contribution in [0.1, 0.15) is 28.4 Å². The number of nitrogens with one attached hydrogen (secondary N) is 1. The number of nitrogens with zero attached hydrogens (tertiary/aromatic N) is 4. The van der Waals surface area contributed by atoms with Crippen LogP contribution in [-0.4, -0.2) is 47.5 Å². The zero-order valence-electron chi connectivity index (χ0n) is 14.2. The molecule has 2 aliphatic rings. The van der Waals surface area contributed by atoms with Crippen molar-refractivity contribution in [3.8, 4) is 0 Å². The van der Waals surface area contributed by atoms with E-state index in [0.29, 0.717) is 24.4 Å². The van der Waals surface area contributed by atoms with Crippen LogP contribution in [0.3, 0.4) is 0 Å². The molecule has 0 spiro atoms. The lowest BCUT2D eigenvalue weighted by molar-refractivity contribution is -0.125. The van der Waals surface area contributed by atoms with E-state index in [0.717, 1.165) is 50.0 Å². The molecule has 1 N–H and O–H groups in total. The third kappa shape index (κ3) is 3.52. The van der Waals surface area contributed by atoms with Crippen molar-refractivity contribution in [1.29, 1.82) is 0 Å². The topological polar surface area (TPSA) is 93.4 Å². The van der Waals surface area contributed by atoms with Crippen molar-refractivity contribution < 1.29 is 14.2 Å². The standard InChI is InChI=1S/C16H21N5O3S/c1-10-13(20-24-19-10)9-17-15(22)11-2-3-14-12(8-11)18-16(25-14)21-4-6-23-7-5-21/h11H,2-9H2,1H3,(H,17,22). The first kappa shape index (κ1) is 16.5. The van der Waals surface area contributed by atoms with Crippen LogP contribution in [0.2, 0.25) is 0 Å². The van der Waals surface area contributed by atoms with Gasteiger partial charge in [-0.15, -0.1) is 11.3 Å². The second kappa shape index (κ2) is 7.09. The van der Waals surface area contributed by atoms with Gasteiger partial charge < -0.3 is 15.0 Å². The summed E-state index contributed by atoms with van der Waals surface area (Å²) in [5, 5.41) is 11.5. The van der Waals surface area contributed by atoms with E-state index in [1.54, 1.807) is 11.3 Å². The van der Waals surface area contributed by atoms with Gasteiger partial charge in [-0.3, -0.25) is 4.79 Å². The number of carbonyl (C=O) groups excluding carboxylic acids is 1. The lowest BCUT2D eigenvalue weighted by Gasteiger charge is -2.26. The molecule has 2 aromatic heterocycles. The van der Waals surface area contributed by atoms with Crippen molar-refractivity contribution in [3.05, 3.63) is 22.0 Å². The molecule has 1 unspecified atom stereocenters. The van der Waals surface area contributed by atoms with Crippen LogP contribution in [0.4, 0.5) is 5.13 Å². The second-order valence-electron chi connectivity index (χ2n) is 6.42. The molecule has 1 saturated heterocycles. The highest BCUT2D eigenvalue weighted by molar-refractivity contribution is 7.15. The summed E-state index contributed by atoms with van der Waals surface area (Å²) in [5.41, 5.74) is 2.46. The molecule has 0 aromatic carbocycles. The smallest absolute Gasteiger partial charge is 0.223 e. The van der Waals surface area contributed by atoms with E-state index in [2.05, 4.69) is 25.2 Å². The second-order valence-corrected chi connectivity index (χ2v) is 7.48. The van der Waals surface area contributed by atoms with Crippen molar-refractivity contribution in [3.63, 3.8) is 0 Å². The monoisotopic (exact) mass is 363 g/mol. The molecule has 9 heteroatoms. The quantitative estimate of drug-likeness (QED) is 0.869. The third-order valence-electron chi connectivity index (χ3n) is 4.76. The zero-order chi connectivity index (χ0) is 17.2. The van der Waals surface area contributed by atoms with Gasteiger partial charge in [0.2, 0.25) is 5.91 Å². The van der Waals surface area contributed by atoms with Crippen LogP contribution in [0, 0.1) is 12.8 Å². The number of thiazole rings is 1. The fourth-order valence-electron chi connectivity index (χ4n) is 3.20. The SMILES string of the molecule is Cc1nonc1CNC(=O)C1CCc2sc(N3CCOCC3)nc2C1. The van der Waals surface area contributed by atoms with Gasteiger partial charge in [-0.1, -0.05) is 10.3 Å². The molecule has 4 rings (SSSR count). The van der Waals surface area contributed by atoms with Gasteiger partial charge >= 0.3 is 0 Å². The fraction of sp³-hybridized carbons (Fsp3) is 0.625. The predicted octanol–water partition coefficient (Wildman–Crippen LogP) is 1.09. The minimum Gasteiger partial charge on any atom is -0.378 e. The normalized spacial score (nSPS) is 20.4. The molecule has 2 aromatic rings. The Balaban J connectivity index is 1.37. The first-order valence-electron chi connectivity index (χ1n) is 8.57. The van der Waals surface area contributed by atoms with E-state index >= 15 is 0 Å². The third-order valence-corrected chi connectivity index (χ3v) is 5.97. The Labute approximate surface area is 149 Å². The van der Waals surface area contributed by atoms with Crippen molar-refractivity contribution in [2.75, 3.05) is 31.2 Å². The average Bonchev–Trinajstić information content (AvgIpc) is 3.25. The zero-order valence-corrected chi connectivity index (χ0v) is 15.0. The van der Waals surface area contributed by atoms with Gasteiger partial charge in [-0.25, -0.2) is 9.61 Å². The van der Waals surface area contributed by atoms with Gasteiger partial charge in [0.15, 0.2) is 5.13 Å². The summed E-state index contributed by atoms with van der Waals surface area (Å²) in [5.74, 6) is 0.0151. The molecule has 3 heterocycles. The van der Waals surface area contributed by atoms with Gasteiger partial charge in [-0.05, 0) is 19.8 Å². The van der Waals surface area contributed by atoms with E-state index in [1.165, 1.54) is 4.88 Å². The number of amides is 1.